The highest BCUT2D eigenvalue weighted by Gasteiger charge is 2.24. The van der Waals surface area contributed by atoms with Gasteiger partial charge in [0.05, 0.1) is 16.7 Å². The predicted octanol–water partition coefficient (Wildman–Crippen LogP) is 6.06. The largest absolute Gasteiger partial charge is 0.423 e. The van der Waals surface area contributed by atoms with Crippen molar-refractivity contribution in [2.24, 2.45) is 0 Å². The lowest BCUT2D eigenvalue weighted by Gasteiger charge is -2.07. The van der Waals surface area contributed by atoms with Crippen molar-refractivity contribution in [2.45, 2.75) is 6.92 Å². The Hall–Kier alpha value is -3.88. The van der Waals surface area contributed by atoms with E-state index < -0.39 is 5.97 Å². The number of ether oxygens (including phenoxy) is 1. The third-order valence-electron chi connectivity index (χ3n) is 4.61. The molecule has 0 bridgehead atoms. The van der Waals surface area contributed by atoms with E-state index in [0.29, 0.717) is 33.4 Å². The van der Waals surface area contributed by atoms with E-state index in [1.165, 1.54) is 0 Å². The molecule has 4 rings (SSSR count). The summed E-state index contributed by atoms with van der Waals surface area (Å²) in [6, 6.07) is 23.6. The average Bonchev–Trinajstić information content (AvgIpc) is 3.16. The van der Waals surface area contributed by atoms with Crippen molar-refractivity contribution in [3.8, 4) is 34.2 Å². The van der Waals surface area contributed by atoms with Crippen LogP contribution >= 0.6 is 11.6 Å². The van der Waals surface area contributed by atoms with Gasteiger partial charge in [-0.2, -0.15) is 5.26 Å². The van der Waals surface area contributed by atoms with Gasteiger partial charge in [0.15, 0.2) is 0 Å². The van der Waals surface area contributed by atoms with Crippen LogP contribution in [0.1, 0.15) is 21.7 Å². The number of nitrogens with zero attached hydrogens (tertiary/aromatic N) is 2. The number of halogens is 1. The molecule has 4 aromatic rings. The molecule has 1 aromatic heterocycles. The van der Waals surface area contributed by atoms with E-state index in [4.69, 9.17) is 26.1 Å². The van der Waals surface area contributed by atoms with Crippen LogP contribution in [0.25, 0.3) is 22.4 Å². The minimum atomic E-state index is -0.574. The summed E-state index contributed by atoms with van der Waals surface area (Å²) in [6.07, 6.45) is 0. The maximum Gasteiger partial charge on any atom is 0.349 e. The second-order valence-corrected chi connectivity index (χ2v) is 6.95. The Morgan fingerprint density at radius 2 is 1.63 bits per heavy atom. The van der Waals surface area contributed by atoms with Gasteiger partial charge < -0.3 is 9.26 Å². The van der Waals surface area contributed by atoms with Crippen molar-refractivity contribution in [3.05, 3.63) is 94.7 Å². The second kappa shape index (κ2) is 8.24. The molecule has 0 aliphatic heterocycles. The fourth-order valence-electron chi connectivity index (χ4n) is 3.06. The van der Waals surface area contributed by atoms with E-state index in [-0.39, 0.29) is 5.56 Å². The normalized spacial score (nSPS) is 10.4. The molecule has 0 aliphatic rings. The zero-order chi connectivity index (χ0) is 21.1. The molecule has 0 atom stereocenters. The maximum absolute atomic E-state index is 12.8. The Balaban J connectivity index is 1.57. The number of benzene rings is 3. The van der Waals surface area contributed by atoms with Gasteiger partial charge in [-0.15, -0.1) is 0 Å². The fraction of sp³-hybridized carbons (Fsp3) is 0.0417. The quantitative estimate of drug-likeness (QED) is 0.299. The number of hydrogen-bond acceptors (Lipinski definition) is 5. The summed E-state index contributed by atoms with van der Waals surface area (Å²) in [6.45, 7) is 1.65. The SMILES string of the molecule is Cc1onc(-c2ccccc2Cl)c1C(=O)Oc1ccc(-c2ccc(C#N)cc2)cc1. The first kappa shape index (κ1) is 19.4. The van der Waals surface area contributed by atoms with Gasteiger partial charge in [0, 0.05) is 5.56 Å². The van der Waals surface area contributed by atoms with Crippen LogP contribution in [0.4, 0.5) is 0 Å². The summed E-state index contributed by atoms with van der Waals surface area (Å²) >= 11 is 6.25. The summed E-state index contributed by atoms with van der Waals surface area (Å²) < 4.78 is 10.8. The third-order valence-corrected chi connectivity index (χ3v) is 4.94. The Morgan fingerprint density at radius 1 is 1.00 bits per heavy atom. The molecule has 0 amide bonds. The van der Waals surface area contributed by atoms with Gasteiger partial charge in [0.25, 0.3) is 0 Å². The molecule has 0 radical (unpaired) electrons. The van der Waals surface area contributed by atoms with Crippen molar-refractivity contribution >= 4 is 17.6 Å². The first-order valence-corrected chi connectivity index (χ1v) is 9.48. The Labute approximate surface area is 178 Å². The molecule has 1 heterocycles. The molecule has 6 heteroatoms. The molecule has 0 saturated heterocycles. The number of esters is 1. The lowest BCUT2D eigenvalue weighted by molar-refractivity contribution is 0.0733. The third kappa shape index (κ3) is 3.82. The predicted molar refractivity (Wildman–Crippen MR) is 113 cm³/mol. The number of hydrogen-bond donors (Lipinski definition) is 0. The van der Waals surface area contributed by atoms with Crippen molar-refractivity contribution in [3.63, 3.8) is 0 Å². The number of rotatable bonds is 4. The first-order valence-electron chi connectivity index (χ1n) is 9.11. The molecule has 0 aliphatic carbocycles. The lowest BCUT2D eigenvalue weighted by Crippen LogP contribution is -2.10. The van der Waals surface area contributed by atoms with Gasteiger partial charge in [-0.3, -0.25) is 0 Å². The zero-order valence-electron chi connectivity index (χ0n) is 15.9. The van der Waals surface area contributed by atoms with Crippen LogP contribution in [0, 0.1) is 18.3 Å². The summed E-state index contributed by atoms with van der Waals surface area (Å²) in [5, 5.41) is 13.4. The average molecular weight is 415 g/mol. The number of carbonyl (C=O) groups excluding carboxylic acids is 1. The van der Waals surface area contributed by atoms with Crippen LogP contribution in [-0.4, -0.2) is 11.1 Å². The minimum Gasteiger partial charge on any atom is -0.423 e. The molecule has 5 nitrogen and oxygen atoms in total. The number of nitriles is 1. The van der Waals surface area contributed by atoms with E-state index in [2.05, 4.69) is 11.2 Å². The van der Waals surface area contributed by atoms with Crippen LogP contribution in [0.3, 0.4) is 0 Å². The van der Waals surface area contributed by atoms with Crippen LogP contribution in [-0.2, 0) is 0 Å². The first-order chi connectivity index (χ1) is 14.6. The summed E-state index contributed by atoms with van der Waals surface area (Å²) in [7, 11) is 0. The smallest absolute Gasteiger partial charge is 0.349 e. The van der Waals surface area contributed by atoms with Crippen LogP contribution < -0.4 is 4.74 Å². The van der Waals surface area contributed by atoms with E-state index in [1.54, 1.807) is 49.4 Å². The van der Waals surface area contributed by atoms with Gasteiger partial charge in [-0.05, 0) is 48.4 Å². The van der Waals surface area contributed by atoms with Crippen molar-refractivity contribution in [1.29, 1.82) is 5.26 Å². The van der Waals surface area contributed by atoms with E-state index >= 15 is 0 Å². The number of aryl methyl sites for hydroxylation is 1. The fourth-order valence-corrected chi connectivity index (χ4v) is 3.29. The molecule has 0 saturated carbocycles. The van der Waals surface area contributed by atoms with E-state index in [1.807, 2.05) is 30.3 Å². The molecule has 0 fully saturated rings. The van der Waals surface area contributed by atoms with Gasteiger partial charge in [0.2, 0.25) is 0 Å². The maximum atomic E-state index is 12.8. The molecule has 0 spiro atoms. The molecule has 30 heavy (non-hydrogen) atoms. The van der Waals surface area contributed by atoms with Crippen molar-refractivity contribution < 1.29 is 14.1 Å². The van der Waals surface area contributed by atoms with Crippen LogP contribution in [0.15, 0.2) is 77.3 Å². The molecule has 0 N–H and O–H groups in total. The Morgan fingerprint density at radius 3 is 2.27 bits per heavy atom. The van der Waals surface area contributed by atoms with Gasteiger partial charge in [-0.1, -0.05) is 59.2 Å². The van der Waals surface area contributed by atoms with Gasteiger partial charge >= 0.3 is 5.97 Å². The molecular weight excluding hydrogens is 400 g/mol. The highest BCUT2D eigenvalue weighted by atomic mass is 35.5. The summed E-state index contributed by atoms with van der Waals surface area (Å²) in [4.78, 5) is 12.8. The van der Waals surface area contributed by atoms with Crippen LogP contribution in [0.2, 0.25) is 5.02 Å². The molecule has 146 valence electrons. The number of carbonyl (C=O) groups is 1. The van der Waals surface area contributed by atoms with Crippen molar-refractivity contribution in [1.82, 2.24) is 5.16 Å². The zero-order valence-corrected chi connectivity index (χ0v) is 16.7. The standard InChI is InChI=1S/C24H15ClN2O3/c1-15-22(23(27-30-15)20-4-2-3-5-21(20)25)24(28)29-19-12-10-18(11-13-19)17-8-6-16(14-26)7-9-17/h2-13H,1H3. The molecule has 3 aromatic carbocycles. The minimum absolute atomic E-state index is 0.235. The van der Waals surface area contributed by atoms with E-state index in [9.17, 15) is 4.79 Å². The van der Waals surface area contributed by atoms with Gasteiger partial charge in [0.1, 0.15) is 22.8 Å². The Bertz CT molecular complexity index is 1250. The van der Waals surface area contributed by atoms with Gasteiger partial charge in [-0.25, -0.2) is 4.79 Å². The van der Waals surface area contributed by atoms with Crippen molar-refractivity contribution in [2.75, 3.05) is 0 Å². The molecular formula is C24H15ClN2O3. The number of aromatic nitrogens is 1. The Kier molecular flexibility index (Phi) is 5.34. The summed E-state index contributed by atoms with van der Waals surface area (Å²) in [5.41, 5.74) is 3.68. The highest BCUT2D eigenvalue weighted by molar-refractivity contribution is 6.33. The monoisotopic (exact) mass is 414 g/mol. The summed E-state index contributed by atoms with van der Waals surface area (Å²) in [5.74, 6) is 0.169. The van der Waals surface area contributed by atoms with E-state index in [0.717, 1.165) is 11.1 Å². The van der Waals surface area contributed by atoms with Crippen LogP contribution in [0.5, 0.6) is 5.75 Å². The highest BCUT2D eigenvalue weighted by Crippen LogP contribution is 2.32. The second-order valence-electron chi connectivity index (χ2n) is 6.55. The molecule has 0 unspecified atom stereocenters. The topological polar surface area (TPSA) is 76.1 Å². The lowest BCUT2D eigenvalue weighted by atomic mass is 10.0.